The number of anilines is 1. The van der Waals surface area contributed by atoms with E-state index < -0.39 is 0 Å². The minimum atomic E-state index is -0.138. The molecule has 0 aliphatic heterocycles. The first kappa shape index (κ1) is 11.7. The van der Waals surface area contributed by atoms with Gasteiger partial charge in [-0.15, -0.1) is 0 Å². The van der Waals surface area contributed by atoms with E-state index in [1.54, 1.807) is 24.3 Å². The summed E-state index contributed by atoms with van der Waals surface area (Å²) in [6.45, 7) is 6.10. The van der Waals surface area contributed by atoms with Gasteiger partial charge in [-0.25, -0.2) is 5.84 Å². The second-order valence-electron chi connectivity index (χ2n) is 3.55. The Morgan fingerprint density at radius 3 is 2.87 bits per heavy atom. The summed E-state index contributed by atoms with van der Waals surface area (Å²) in [5.74, 6) is 5.81. The van der Waals surface area contributed by atoms with Crippen molar-refractivity contribution in [2.75, 3.05) is 11.6 Å². The van der Waals surface area contributed by atoms with Gasteiger partial charge in [0, 0.05) is 18.7 Å². The number of hydrogen-bond donors (Lipinski definition) is 1. The molecule has 0 saturated heterocycles. The Balaban J connectivity index is 3.11. The second-order valence-corrected chi connectivity index (χ2v) is 3.55. The number of aromatic nitrogens is 1. The Kier molecular flexibility index (Phi) is 3.80. The van der Waals surface area contributed by atoms with Gasteiger partial charge in [0.15, 0.2) is 0 Å². The predicted molar refractivity (Wildman–Crippen MR) is 60.5 cm³/mol. The highest BCUT2D eigenvalue weighted by molar-refractivity contribution is 5.84. The minimum absolute atomic E-state index is 0.131. The molecule has 4 heteroatoms. The Hall–Kier alpha value is -1.42. The summed E-state index contributed by atoms with van der Waals surface area (Å²) in [5, 5.41) is 1.60. The molecule has 0 fully saturated rings. The van der Waals surface area contributed by atoms with Crippen LogP contribution in [0.3, 0.4) is 0 Å². The van der Waals surface area contributed by atoms with Crippen LogP contribution in [0.1, 0.15) is 32.3 Å². The Bertz CT molecular complexity index is 351. The first-order chi connectivity index (χ1) is 7.07. The molecule has 0 aliphatic rings. The van der Waals surface area contributed by atoms with Crippen LogP contribution in [0.4, 0.5) is 5.69 Å². The van der Waals surface area contributed by atoms with Crippen molar-refractivity contribution in [3.05, 3.63) is 24.0 Å². The second kappa shape index (κ2) is 4.89. The molecule has 1 atom stereocenters. The highest BCUT2D eigenvalue weighted by Crippen LogP contribution is 2.25. The molecule has 1 heterocycles. The quantitative estimate of drug-likeness (QED) is 0.600. The van der Waals surface area contributed by atoms with Crippen LogP contribution >= 0.6 is 0 Å². The monoisotopic (exact) mass is 207 g/mol. The van der Waals surface area contributed by atoms with Crippen LogP contribution in [0.2, 0.25) is 0 Å². The molecule has 0 aromatic carbocycles. The van der Waals surface area contributed by atoms with Crippen LogP contribution in [-0.4, -0.2) is 17.3 Å². The summed E-state index contributed by atoms with van der Waals surface area (Å²) < 4.78 is 0. The normalized spacial score (nSPS) is 12.3. The van der Waals surface area contributed by atoms with E-state index in [0.717, 1.165) is 11.3 Å². The summed E-state index contributed by atoms with van der Waals surface area (Å²) in [4.78, 5) is 15.4. The number of carbonyl (C=O) groups is 1. The zero-order valence-corrected chi connectivity index (χ0v) is 9.40. The van der Waals surface area contributed by atoms with Crippen molar-refractivity contribution >= 4 is 11.5 Å². The van der Waals surface area contributed by atoms with Crippen LogP contribution in [-0.2, 0) is 4.79 Å². The lowest BCUT2D eigenvalue weighted by Gasteiger charge is -2.21. The molecule has 1 aromatic rings. The van der Waals surface area contributed by atoms with Gasteiger partial charge in [-0.3, -0.25) is 9.78 Å². The number of nitrogens with two attached hydrogens (primary N) is 1. The van der Waals surface area contributed by atoms with Gasteiger partial charge in [0.25, 0.3) is 0 Å². The molecule has 2 N–H and O–H groups in total. The smallest absolute Gasteiger partial charge is 0.137 e. The highest BCUT2D eigenvalue weighted by Gasteiger charge is 2.16. The lowest BCUT2D eigenvalue weighted by Crippen LogP contribution is -2.31. The van der Waals surface area contributed by atoms with Crippen molar-refractivity contribution < 1.29 is 4.79 Å². The van der Waals surface area contributed by atoms with Crippen LogP contribution in [0, 0.1) is 0 Å². The van der Waals surface area contributed by atoms with Crippen molar-refractivity contribution in [1.29, 1.82) is 0 Å². The molecule has 0 bridgehead atoms. The van der Waals surface area contributed by atoms with E-state index in [-0.39, 0.29) is 11.7 Å². The summed E-state index contributed by atoms with van der Waals surface area (Å²) in [6, 6.07) is 1.84. The molecule has 15 heavy (non-hydrogen) atoms. The van der Waals surface area contributed by atoms with Gasteiger partial charge in [0.05, 0.1) is 11.9 Å². The van der Waals surface area contributed by atoms with E-state index in [9.17, 15) is 4.79 Å². The molecule has 82 valence electrons. The average Bonchev–Trinajstić information content (AvgIpc) is 2.27. The lowest BCUT2D eigenvalue weighted by molar-refractivity contribution is -0.118. The number of ketones is 1. The van der Waals surface area contributed by atoms with Crippen LogP contribution in [0.5, 0.6) is 0 Å². The van der Waals surface area contributed by atoms with Gasteiger partial charge in [-0.2, -0.15) is 0 Å². The number of carbonyl (C=O) groups excluding carboxylic acids is 1. The highest BCUT2D eigenvalue weighted by atomic mass is 16.1. The van der Waals surface area contributed by atoms with E-state index in [2.05, 4.69) is 4.98 Å². The maximum Gasteiger partial charge on any atom is 0.137 e. The molecule has 1 aromatic heterocycles. The molecular formula is C11H17N3O. The van der Waals surface area contributed by atoms with Gasteiger partial charge < -0.3 is 5.01 Å². The average molecular weight is 207 g/mol. The molecule has 1 rings (SSSR count). The number of rotatable bonds is 4. The van der Waals surface area contributed by atoms with Gasteiger partial charge in [0.2, 0.25) is 0 Å². The van der Waals surface area contributed by atoms with Crippen molar-refractivity contribution in [1.82, 2.24) is 4.98 Å². The molecule has 1 unspecified atom stereocenters. The first-order valence-electron chi connectivity index (χ1n) is 5.04. The van der Waals surface area contributed by atoms with E-state index in [1.165, 1.54) is 0 Å². The van der Waals surface area contributed by atoms with E-state index in [4.69, 9.17) is 5.84 Å². The zero-order valence-electron chi connectivity index (χ0n) is 9.40. The number of nitrogens with zero attached hydrogens (tertiary/aromatic N) is 2. The molecule has 0 aliphatic carbocycles. The maximum atomic E-state index is 11.3. The topological polar surface area (TPSA) is 59.2 Å². The van der Waals surface area contributed by atoms with Crippen LogP contribution in [0.25, 0.3) is 0 Å². The van der Waals surface area contributed by atoms with E-state index >= 15 is 0 Å². The number of pyridine rings is 1. The molecule has 0 saturated carbocycles. The van der Waals surface area contributed by atoms with E-state index in [0.29, 0.717) is 6.54 Å². The van der Waals surface area contributed by atoms with Gasteiger partial charge in [-0.05, 0) is 25.5 Å². The fourth-order valence-corrected chi connectivity index (χ4v) is 1.39. The van der Waals surface area contributed by atoms with Gasteiger partial charge >= 0.3 is 0 Å². The lowest BCUT2D eigenvalue weighted by atomic mass is 9.97. The zero-order chi connectivity index (χ0) is 11.4. The summed E-state index contributed by atoms with van der Waals surface area (Å²) in [7, 11) is 0. The predicted octanol–water partition coefficient (Wildman–Crippen LogP) is 1.47. The van der Waals surface area contributed by atoms with Crippen LogP contribution < -0.4 is 10.9 Å². The Morgan fingerprint density at radius 1 is 1.67 bits per heavy atom. The van der Waals surface area contributed by atoms with Crippen LogP contribution in [0.15, 0.2) is 18.5 Å². The number of hydrazine groups is 1. The molecule has 0 amide bonds. The molecule has 0 spiro atoms. The van der Waals surface area contributed by atoms with Crippen molar-refractivity contribution in [3.63, 3.8) is 0 Å². The van der Waals surface area contributed by atoms with E-state index in [1.807, 2.05) is 19.9 Å². The summed E-state index contributed by atoms with van der Waals surface area (Å²) >= 11 is 0. The maximum absolute atomic E-state index is 11.3. The Morgan fingerprint density at radius 2 is 2.33 bits per heavy atom. The molecule has 4 nitrogen and oxygen atoms in total. The Labute approximate surface area is 90.1 Å². The standard InChI is InChI=1S/C11H17N3O/c1-4-14(12)11-7-13-6-5-10(11)8(2)9(3)15/h5-8H,4,12H2,1-3H3. The van der Waals surface area contributed by atoms with Crippen molar-refractivity contribution in [2.45, 2.75) is 26.7 Å². The molecule has 0 radical (unpaired) electrons. The third-order valence-electron chi connectivity index (χ3n) is 2.56. The minimum Gasteiger partial charge on any atom is -0.309 e. The molecular weight excluding hydrogens is 190 g/mol. The SMILES string of the molecule is CCN(N)c1cnccc1C(C)C(C)=O. The fraction of sp³-hybridized carbons (Fsp3) is 0.455. The van der Waals surface area contributed by atoms with Crippen molar-refractivity contribution in [3.8, 4) is 0 Å². The largest absolute Gasteiger partial charge is 0.309 e. The van der Waals surface area contributed by atoms with Gasteiger partial charge in [-0.1, -0.05) is 6.92 Å². The summed E-state index contributed by atoms with van der Waals surface area (Å²) in [5.41, 5.74) is 1.75. The fourth-order valence-electron chi connectivity index (χ4n) is 1.39. The van der Waals surface area contributed by atoms with Crippen molar-refractivity contribution in [2.24, 2.45) is 5.84 Å². The summed E-state index contributed by atoms with van der Waals surface area (Å²) in [6.07, 6.45) is 3.38. The number of Topliss-reactive ketones (excluding diaryl/α,β-unsaturated/α-hetero) is 1. The first-order valence-corrected chi connectivity index (χ1v) is 5.04. The third-order valence-corrected chi connectivity index (χ3v) is 2.56. The van der Waals surface area contributed by atoms with Gasteiger partial charge in [0.1, 0.15) is 5.78 Å². The number of hydrogen-bond acceptors (Lipinski definition) is 4. The third kappa shape index (κ3) is 2.53.